The molecule has 14 heavy (non-hydrogen) atoms. The summed E-state index contributed by atoms with van der Waals surface area (Å²) in [6.45, 7) is 0.892. The fourth-order valence-electron chi connectivity index (χ4n) is 1.40. The topological polar surface area (TPSA) is 49.4 Å². The first-order chi connectivity index (χ1) is 6.58. The smallest absolute Gasteiger partial charge is 0.214 e. The van der Waals surface area contributed by atoms with Gasteiger partial charge in [-0.2, -0.15) is 0 Å². The molecule has 0 aromatic rings. The molecule has 0 saturated heterocycles. The molecule has 1 fully saturated rings. The van der Waals surface area contributed by atoms with Gasteiger partial charge in [-0.25, -0.2) is 12.7 Å². The van der Waals surface area contributed by atoms with E-state index in [1.165, 1.54) is 0 Å². The Morgan fingerprint density at radius 1 is 1.36 bits per heavy atom. The molecule has 0 amide bonds. The van der Waals surface area contributed by atoms with Crippen molar-refractivity contribution in [1.29, 1.82) is 0 Å². The van der Waals surface area contributed by atoms with E-state index in [0.29, 0.717) is 11.8 Å². The third kappa shape index (κ3) is 3.55. The highest BCUT2D eigenvalue weighted by Crippen LogP contribution is 2.27. The molecule has 1 saturated carbocycles. The van der Waals surface area contributed by atoms with Gasteiger partial charge < -0.3 is 5.32 Å². The number of nitrogens with one attached hydrogen (secondary N) is 1. The van der Waals surface area contributed by atoms with Crippen LogP contribution in [0, 0.1) is 0 Å². The van der Waals surface area contributed by atoms with Crippen LogP contribution in [0.25, 0.3) is 0 Å². The van der Waals surface area contributed by atoms with Crippen molar-refractivity contribution in [2.45, 2.75) is 31.7 Å². The molecule has 0 atom stereocenters. The quantitative estimate of drug-likeness (QED) is 0.632. The van der Waals surface area contributed by atoms with E-state index in [9.17, 15) is 8.42 Å². The zero-order chi connectivity index (χ0) is 10.6. The molecule has 4 nitrogen and oxygen atoms in total. The van der Waals surface area contributed by atoms with Gasteiger partial charge in [0, 0.05) is 13.1 Å². The molecule has 0 unspecified atom stereocenters. The van der Waals surface area contributed by atoms with Crippen LogP contribution in [0.3, 0.4) is 0 Å². The van der Waals surface area contributed by atoms with Crippen LogP contribution in [0.5, 0.6) is 0 Å². The Hall–Kier alpha value is -0.130. The van der Waals surface area contributed by atoms with Crippen LogP contribution in [-0.2, 0) is 10.0 Å². The van der Waals surface area contributed by atoms with Crippen molar-refractivity contribution in [1.82, 2.24) is 9.62 Å². The van der Waals surface area contributed by atoms with Gasteiger partial charge in [0.15, 0.2) is 0 Å². The average molecular weight is 220 g/mol. The summed E-state index contributed by atoms with van der Waals surface area (Å²) in [4.78, 5) is 0. The van der Waals surface area contributed by atoms with Gasteiger partial charge in [-0.15, -0.1) is 0 Å². The predicted molar refractivity (Wildman–Crippen MR) is 57.7 cm³/mol. The fourth-order valence-corrected chi connectivity index (χ4v) is 2.92. The zero-order valence-electron chi connectivity index (χ0n) is 8.99. The molecule has 0 aromatic carbocycles. The van der Waals surface area contributed by atoms with Gasteiger partial charge in [-0.3, -0.25) is 0 Å². The van der Waals surface area contributed by atoms with Gasteiger partial charge >= 0.3 is 0 Å². The molecule has 0 spiro atoms. The van der Waals surface area contributed by atoms with E-state index >= 15 is 0 Å². The van der Waals surface area contributed by atoms with Crippen molar-refractivity contribution in [3.05, 3.63) is 0 Å². The Morgan fingerprint density at radius 2 is 2.00 bits per heavy atom. The molecular weight excluding hydrogens is 200 g/mol. The van der Waals surface area contributed by atoms with E-state index in [0.717, 1.165) is 32.2 Å². The second kappa shape index (κ2) is 5.09. The highest BCUT2D eigenvalue weighted by atomic mass is 32.2. The van der Waals surface area contributed by atoms with Crippen molar-refractivity contribution >= 4 is 10.0 Å². The van der Waals surface area contributed by atoms with Crippen LogP contribution in [0.2, 0.25) is 0 Å². The number of unbranched alkanes of at least 4 members (excludes halogenated alkanes) is 1. The van der Waals surface area contributed by atoms with Crippen LogP contribution in [0.15, 0.2) is 0 Å². The standard InChI is InChI=1S/C9H20N2O2S/c1-10-7-3-4-8-14(12,13)11(2)9-5-6-9/h9-10H,3-8H2,1-2H3. The van der Waals surface area contributed by atoms with E-state index in [-0.39, 0.29) is 0 Å². The van der Waals surface area contributed by atoms with Gasteiger partial charge in [0.25, 0.3) is 0 Å². The Balaban J connectivity index is 2.26. The zero-order valence-corrected chi connectivity index (χ0v) is 9.81. The molecule has 1 aliphatic rings. The van der Waals surface area contributed by atoms with E-state index in [4.69, 9.17) is 0 Å². The highest BCUT2D eigenvalue weighted by Gasteiger charge is 2.33. The maximum Gasteiger partial charge on any atom is 0.214 e. The molecule has 1 rings (SSSR count). The molecule has 84 valence electrons. The number of hydrogen-bond donors (Lipinski definition) is 1. The van der Waals surface area contributed by atoms with Crippen molar-refractivity contribution in [2.24, 2.45) is 0 Å². The molecule has 0 heterocycles. The van der Waals surface area contributed by atoms with Gasteiger partial charge in [-0.1, -0.05) is 0 Å². The number of sulfonamides is 1. The van der Waals surface area contributed by atoms with Gasteiger partial charge in [0.1, 0.15) is 0 Å². The van der Waals surface area contributed by atoms with E-state index < -0.39 is 10.0 Å². The Bertz CT molecular complexity index is 260. The third-order valence-corrected chi connectivity index (χ3v) is 4.56. The summed E-state index contributed by atoms with van der Waals surface area (Å²) in [6, 6.07) is 0.296. The molecule has 0 radical (unpaired) electrons. The minimum atomic E-state index is -2.97. The lowest BCUT2D eigenvalue weighted by Gasteiger charge is -2.15. The molecule has 0 aromatic heterocycles. The maximum atomic E-state index is 11.7. The minimum absolute atomic E-state index is 0.293. The average Bonchev–Trinajstić information content (AvgIpc) is 2.94. The summed E-state index contributed by atoms with van der Waals surface area (Å²) in [5.41, 5.74) is 0. The number of nitrogens with zero attached hydrogens (tertiary/aromatic N) is 1. The first kappa shape index (κ1) is 11.9. The Labute approximate surface area is 86.7 Å². The van der Waals surface area contributed by atoms with Crippen LogP contribution in [-0.4, -0.2) is 45.2 Å². The second-order valence-corrected chi connectivity index (χ2v) is 6.02. The van der Waals surface area contributed by atoms with Gasteiger partial charge in [0.05, 0.1) is 5.75 Å². The first-order valence-corrected chi connectivity index (χ1v) is 6.79. The highest BCUT2D eigenvalue weighted by molar-refractivity contribution is 7.89. The lowest BCUT2D eigenvalue weighted by atomic mass is 10.3. The van der Waals surface area contributed by atoms with Crippen molar-refractivity contribution in [3.63, 3.8) is 0 Å². The van der Waals surface area contributed by atoms with Crippen LogP contribution in [0.4, 0.5) is 0 Å². The largest absolute Gasteiger partial charge is 0.320 e. The number of rotatable bonds is 7. The lowest BCUT2D eigenvalue weighted by Crippen LogP contribution is -2.31. The van der Waals surface area contributed by atoms with E-state index in [1.54, 1.807) is 11.4 Å². The van der Waals surface area contributed by atoms with Crippen LogP contribution in [0.1, 0.15) is 25.7 Å². The molecule has 1 aliphatic carbocycles. The van der Waals surface area contributed by atoms with Gasteiger partial charge in [-0.05, 0) is 39.3 Å². The number of hydrogen-bond acceptors (Lipinski definition) is 3. The first-order valence-electron chi connectivity index (χ1n) is 5.18. The Morgan fingerprint density at radius 3 is 2.50 bits per heavy atom. The van der Waals surface area contributed by atoms with Crippen molar-refractivity contribution in [3.8, 4) is 0 Å². The lowest BCUT2D eigenvalue weighted by molar-refractivity contribution is 0.462. The summed E-state index contributed by atoms with van der Waals surface area (Å²) >= 11 is 0. The summed E-state index contributed by atoms with van der Waals surface area (Å²) in [7, 11) is 0.607. The van der Waals surface area contributed by atoms with Gasteiger partial charge in [0.2, 0.25) is 10.0 Å². The SMILES string of the molecule is CNCCCCS(=O)(=O)N(C)C1CC1. The molecule has 0 aliphatic heterocycles. The Kier molecular flexibility index (Phi) is 4.34. The summed E-state index contributed by atoms with van der Waals surface area (Å²) in [5, 5.41) is 3.01. The van der Waals surface area contributed by atoms with Crippen molar-refractivity contribution < 1.29 is 8.42 Å². The monoisotopic (exact) mass is 220 g/mol. The van der Waals surface area contributed by atoms with E-state index in [2.05, 4.69) is 5.32 Å². The molecule has 1 N–H and O–H groups in total. The summed E-state index contributed by atoms with van der Waals surface area (Å²) in [6.07, 6.45) is 3.74. The molecular formula is C9H20N2O2S. The third-order valence-electron chi connectivity index (χ3n) is 2.58. The normalized spacial score (nSPS) is 17.6. The predicted octanol–water partition coefficient (Wildman–Crippen LogP) is 0.410. The van der Waals surface area contributed by atoms with Crippen LogP contribution < -0.4 is 5.32 Å². The summed E-state index contributed by atoms with van der Waals surface area (Å²) < 4.78 is 24.9. The minimum Gasteiger partial charge on any atom is -0.320 e. The summed E-state index contributed by atoms with van der Waals surface area (Å²) in [5.74, 6) is 0.293. The van der Waals surface area contributed by atoms with Crippen molar-refractivity contribution in [2.75, 3.05) is 26.4 Å². The maximum absolute atomic E-state index is 11.7. The fraction of sp³-hybridized carbons (Fsp3) is 1.00. The van der Waals surface area contributed by atoms with Crippen LogP contribution >= 0.6 is 0 Å². The van der Waals surface area contributed by atoms with E-state index in [1.807, 2.05) is 7.05 Å². The second-order valence-electron chi connectivity index (χ2n) is 3.87. The molecule has 5 heteroatoms. The molecule has 0 bridgehead atoms.